The molecular formula is C24H20ClF2N7O2. The quantitative estimate of drug-likeness (QED) is 0.341. The van der Waals surface area contributed by atoms with Crippen molar-refractivity contribution in [2.24, 2.45) is 0 Å². The van der Waals surface area contributed by atoms with Crippen molar-refractivity contribution in [3.8, 4) is 17.3 Å². The van der Waals surface area contributed by atoms with Crippen molar-refractivity contribution >= 4 is 34.5 Å². The van der Waals surface area contributed by atoms with Crippen LogP contribution in [-0.2, 0) is 0 Å². The van der Waals surface area contributed by atoms with E-state index in [-0.39, 0.29) is 22.5 Å². The van der Waals surface area contributed by atoms with E-state index in [2.05, 4.69) is 25.7 Å². The Bertz CT molecular complexity index is 1490. The Labute approximate surface area is 209 Å². The zero-order valence-corrected chi connectivity index (χ0v) is 19.9. The molecule has 4 aromatic rings. The first-order chi connectivity index (χ1) is 17.1. The highest BCUT2D eigenvalue weighted by atomic mass is 35.5. The summed E-state index contributed by atoms with van der Waals surface area (Å²) >= 11 is 5.97. The summed E-state index contributed by atoms with van der Waals surface area (Å²) < 4.78 is 30.4. The number of halogens is 3. The summed E-state index contributed by atoms with van der Waals surface area (Å²) in [6, 6.07) is 7.46. The summed E-state index contributed by atoms with van der Waals surface area (Å²) in [7, 11) is 0. The SMILES string of the molecule is CC(C)(O)[C@H](F)CNC(=O)c1cnc(-c2cnn3cc(Cl)cnc23)cc1Nc1cccc(C#N)c1F. The van der Waals surface area contributed by atoms with Crippen molar-refractivity contribution in [2.45, 2.75) is 25.6 Å². The summed E-state index contributed by atoms with van der Waals surface area (Å²) in [5, 5.41) is 28.8. The number of anilines is 2. The lowest BCUT2D eigenvalue weighted by Crippen LogP contribution is -2.42. The number of alkyl halides is 1. The van der Waals surface area contributed by atoms with Crippen LogP contribution in [0.5, 0.6) is 0 Å². The number of nitriles is 1. The van der Waals surface area contributed by atoms with Crippen LogP contribution in [-0.4, -0.2) is 48.9 Å². The van der Waals surface area contributed by atoms with Crippen LogP contribution < -0.4 is 10.6 Å². The Morgan fingerprint density at radius 1 is 1.28 bits per heavy atom. The third-order valence-electron chi connectivity index (χ3n) is 5.35. The van der Waals surface area contributed by atoms with Crippen molar-refractivity contribution in [2.75, 3.05) is 11.9 Å². The van der Waals surface area contributed by atoms with Gasteiger partial charge in [0.05, 0.1) is 63.3 Å². The normalized spacial score (nSPS) is 12.2. The van der Waals surface area contributed by atoms with Gasteiger partial charge < -0.3 is 15.7 Å². The minimum Gasteiger partial charge on any atom is -0.387 e. The molecule has 3 N–H and O–H groups in total. The number of amides is 1. The van der Waals surface area contributed by atoms with E-state index in [0.29, 0.717) is 21.9 Å². The Morgan fingerprint density at radius 2 is 2.06 bits per heavy atom. The van der Waals surface area contributed by atoms with Crippen LogP contribution in [0, 0.1) is 17.1 Å². The third kappa shape index (κ3) is 5.10. The van der Waals surface area contributed by atoms with E-state index < -0.39 is 30.0 Å². The Morgan fingerprint density at radius 3 is 2.78 bits per heavy atom. The van der Waals surface area contributed by atoms with Gasteiger partial charge >= 0.3 is 0 Å². The zero-order valence-electron chi connectivity index (χ0n) is 19.1. The average molecular weight is 512 g/mol. The maximum Gasteiger partial charge on any atom is 0.255 e. The number of rotatable bonds is 7. The van der Waals surface area contributed by atoms with Gasteiger partial charge in [-0.05, 0) is 32.0 Å². The van der Waals surface area contributed by atoms with Crippen LogP contribution in [0.2, 0.25) is 5.02 Å². The van der Waals surface area contributed by atoms with Gasteiger partial charge in [0.15, 0.2) is 11.5 Å². The van der Waals surface area contributed by atoms with Gasteiger partial charge in [-0.1, -0.05) is 17.7 Å². The number of aliphatic hydroxyl groups is 1. The fraction of sp³-hybridized carbons (Fsp3) is 0.208. The summed E-state index contributed by atoms with van der Waals surface area (Å²) in [5.41, 5.74) is -0.460. The topological polar surface area (TPSA) is 128 Å². The standard InChI is InChI=1S/C24H20ClF2N7O2/c1-24(2,36)20(26)11-31-23(35)16-9-29-18(15-10-32-34-12-14(25)8-30-22(15)34)6-19(16)33-17-5-3-4-13(7-28)21(17)27/h3-6,8-10,12,20,36H,11H2,1-2H3,(H,29,33)(H,31,35)/t20-/m1/s1. The van der Waals surface area contributed by atoms with Crippen LogP contribution in [0.3, 0.4) is 0 Å². The molecule has 0 unspecified atom stereocenters. The lowest BCUT2D eigenvalue weighted by atomic mass is 10.0. The molecule has 0 aliphatic rings. The minimum absolute atomic E-state index is 0.0177. The van der Waals surface area contributed by atoms with E-state index in [9.17, 15) is 18.7 Å². The number of pyridine rings is 1. The molecule has 9 nitrogen and oxygen atoms in total. The second-order valence-electron chi connectivity index (χ2n) is 8.45. The molecule has 36 heavy (non-hydrogen) atoms. The van der Waals surface area contributed by atoms with Crippen molar-refractivity contribution in [1.29, 1.82) is 5.26 Å². The molecule has 0 bridgehead atoms. The number of hydrogen-bond donors (Lipinski definition) is 3. The zero-order chi connectivity index (χ0) is 26.0. The summed E-state index contributed by atoms with van der Waals surface area (Å²) in [6.07, 6.45) is 4.04. The number of hydrogen-bond acceptors (Lipinski definition) is 7. The molecule has 0 aliphatic heterocycles. The Hall–Kier alpha value is -4.14. The number of carbonyl (C=O) groups is 1. The predicted molar refractivity (Wildman–Crippen MR) is 129 cm³/mol. The fourth-order valence-electron chi connectivity index (χ4n) is 3.31. The second kappa shape index (κ2) is 9.85. The van der Waals surface area contributed by atoms with Crippen LogP contribution in [0.25, 0.3) is 16.9 Å². The van der Waals surface area contributed by atoms with Crippen molar-refractivity contribution in [3.05, 3.63) is 71.0 Å². The highest BCUT2D eigenvalue weighted by Crippen LogP contribution is 2.30. The molecule has 184 valence electrons. The van der Waals surface area contributed by atoms with E-state index in [1.165, 1.54) is 61.2 Å². The monoisotopic (exact) mass is 511 g/mol. The van der Waals surface area contributed by atoms with E-state index in [1.54, 1.807) is 12.3 Å². The van der Waals surface area contributed by atoms with E-state index in [1.807, 2.05) is 0 Å². The number of nitrogens with zero attached hydrogens (tertiary/aromatic N) is 5. The molecule has 0 fully saturated rings. The second-order valence-corrected chi connectivity index (χ2v) is 8.89. The van der Waals surface area contributed by atoms with Crippen LogP contribution in [0.4, 0.5) is 20.2 Å². The molecule has 1 amide bonds. The number of nitrogens with one attached hydrogen (secondary N) is 2. The van der Waals surface area contributed by atoms with E-state index in [4.69, 9.17) is 16.9 Å². The number of fused-ring (bicyclic) bond motifs is 1. The smallest absolute Gasteiger partial charge is 0.255 e. The molecule has 0 aliphatic carbocycles. The molecule has 0 saturated carbocycles. The average Bonchev–Trinajstić information content (AvgIpc) is 3.26. The first-order valence-electron chi connectivity index (χ1n) is 10.7. The van der Waals surface area contributed by atoms with Gasteiger partial charge in [-0.25, -0.2) is 18.3 Å². The molecule has 12 heteroatoms. The molecule has 3 aromatic heterocycles. The predicted octanol–water partition coefficient (Wildman–Crippen LogP) is 4.04. The first-order valence-corrected chi connectivity index (χ1v) is 11.1. The summed E-state index contributed by atoms with van der Waals surface area (Å²) in [4.78, 5) is 21.5. The lowest BCUT2D eigenvalue weighted by molar-refractivity contribution is -0.00177. The summed E-state index contributed by atoms with van der Waals surface area (Å²) in [6.45, 7) is 2.12. The van der Waals surface area contributed by atoms with Gasteiger partial charge in [-0.2, -0.15) is 10.4 Å². The van der Waals surface area contributed by atoms with Crippen molar-refractivity contribution in [3.63, 3.8) is 0 Å². The molecular weight excluding hydrogens is 492 g/mol. The molecule has 0 saturated heterocycles. The first kappa shape index (κ1) is 25.0. The molecule has 3 heterocycles. The van der Waals surface area contributed by atoms with Gasteiger partial charge in [0.1, 0.15) is 12.2 Å². The van der Waals surface area contributed by atoms with Crippen LogP contribution >= 0.6 is 11.6 Å². The largest absolute Gasteiger partial charge is 0.387 e. The highest BCUT2D eigenvalue weighted by Gasteiger charge is 2.27. The molecule has 1 aromatic carbocycles. The van der Waals surface area contributed by atoms with E-state index >= 15 is 0 Å². The Balaban J connectivity index is 1.75. The van der Waals surface area contributed by atoms with Gasteiger partial charge in [0.2, 0.25) is 0 Å². The molecule has 4 rings (SSSR count). The van der Waals surface area contributed by atoms with Gasteiger partial charge in [-0.15, -0.1) is 0 Å². The number of carbonyl (C=O) groups excluding carboxylic acids is 1. The van der Waals surface area contributed by atoms with Gasteiger partial charge in [0.25, 0.3) is 5.91 Å². The van der Waals surface area contributed by atoms with Crippen LogP contribution in [0.15, 0.2) is 49.1 Å². The Kier molecular flexibility index (Phi) is 6.83. The number of aromatic nitrogens is 4. The number of benzene rings is 1. The fourth-order valence-corrected chi connectivity index (χ4v) is 3.45. The third-order valence-corrected chi connectivity index (χ3v) is 5.54. The summed E-state index contributed by atoms with van der Waals surface area (Å²) in [5.74, 6) is -1.51. The van der Waals surface area contributed by atoms with Crippen LogP contribution in [0.1, 0.15) is 29.8 Å². The van der Waals surface area contributed by atoms with Gasteiger partial charge in [0, 0.05) is 12.4 Å². The maximum absolute atomic E-state index is 14.8. The highest BCUT2D eigenvalue weighted by molar-refractivity contribution is 6.30. The maximum atomic E-state index is 14.8. The van der Waals surface area contributed by atoms with Crippen molar-refractivity contribution < 1.29 is 18.7 Å². The molecule has 0 spiro atoms. The lowest BCUT2D eigenvalue weighted by Gasteiger charge is -2.22. The van der Waals surface area contributed by atoms with Crippen molar-refractivity contribution in [1.82, 2.24) is 24.9 Å². The minimum atomic E-state index is -1.73. The van der Waals surface area contributed by atoms with E-state index in [0.717, 1.165) is 0 Å². The molecule has 0 radical (unpaired) electrons. The van der Waals surface area contributed by atoms with Gasteiger partial charge in [-0.3, -0.25) is 9.78 Å². The molecule has 1 atom stereocenters.